The lowest BCUT2D eigenvalue weighted by atomic mass is 10.1. The molecular formula is C16H19BrN2O2. The Hall–Kier alpha value is -1.59. The summed E-state index contributed by atoms with van der Waals surface area (Å²) in [5.74, 6) is 2.12. The molecule has 0 fully saturated rings. The van der Waals surface area contributed by atoms with E-state index in [4.69, 9.17) is 9.47 Å². The van der Waals surface area contributed by atoms with Crippen molar-refractivity contribution < 1.29 is 9.47 Å². The molecule has 1 heterocycles. The number of hydrogen-bond acceptors (Lipinski definition) is 4. The van der Waals surface area contributed by atoms with E-state index in [-0.39, 0.29) is 0 Å². The molecule has 0 saturated heterocycles. The van der Waals surface area contributed by atoms with E-state index in [9.17, 15) is 0 Å². The molecule has 4 nitrogen and oxygen atoms in total. The van der Waals surface area contributed by atoms with Crippen molar-refractivity contribution in [3.8, 4) is 17.4 Å². The van der Waals surface area contributed by atoms with Gasteiger partial charge in [0.05, 0.1) is 11.6 Å². The highest BCUT2D eigenvalue weighted by Crippen LogP contribution is 2.34. The van der Waals surface area contributed by atoms with Crippen molar-refractivity contribution in [2.75, 3.05) is 14.2 Å². The molecule has 0 spiro atoms. The summed E-state index contributed by atoms with van der Waals surface area (Å²) >= 11 is 3.50. The summed E-state index contributed by atoms with van der Waals surface area (Å²) < 4.78 is 12.0. The maximum absolute atomic E-state index is 6.00. The summed E-state index contributed by atoms with van der Waals surface area (Å²) in [5.41, 5.74) is 3.16. The van der Waals surface area contributed by atoms with Crippen LogP contribution in [0.3, 0.4) is 0 Å². The van der Waals surface area contributed by atoms with Crippen LogP contribution < -0.4 is 14.8 Å². The van der Waals surface area contributed by atoms with E-state index in [1.807, 2.05) is 32.2 Å². The van der Waals surface area contributed by atoms with Crippen molar-refractivity contribution >= 4 is 15.9 Å². The number of hydrogen-bond donors (Lipinski definition) is 1. The number of halogens is 1. The van der Waals surface area contributed by atoms with Crippen molar-refractivity contribution in [2.45, 2.75) is 20.4 Å². The summed E-state index contributed by atoms with van der Waals surface area (Å²) in [5, 5.41) is 3.15. The molecule has 0 saturated carbocycles. The molecule has 0 bridgehead atoms. The first-order chi connectivity index (χ1) is 10.0. The number of aromatic nitrogens is 1. The second kappa shape index (κ2) is 6.91. The fourth-order valence-corrected chi connectivity index (χ4v) is 2.54. The Morgan fingerprint density at radius 3 is 2.62 bits per heavy atom. The smallest absolute Gasteiger partial charge is 0.224 e. The Kier molecular flexibility index (Phi) is 5.20. The van der Waals surface area contributed by atoms with E-state index in [1.54, 1.807) is 7.11 Å². The molecule has 21 heavy (non-hydrogen) atoms. The van der Waals surface area contributed by atoms with Crippen LogP contribution in [-0.2, 0) is 6.54 Å². The van der Waals surface area contributed by atoms with Gasteiger partial charge in [0.2, 0.25) is 5.88 Å². The third-order valence-corrected chi connectivity index (χ3v) is 3.76. The summed E-state index contributed by atoms with van der Waals surface area (Å²) in [6, 6.07) is 7.66. The van der Waals surface area contributed by atoms with Crippen molar-refractivity contribution in [1.29, 1.82) is 0 Å². The highest BCUT2D eigenvalue weighted by molar-refractivity contribution is 9.10. The van der Waals surface area contributed by atoms with Gasteiger partial charge in [0.25, 0.3) is 0 Å². The Labute approximate surface area is 133 Å². The minimum Gasteiger partial charge on any atom is -0.497 e. The second-order valence-corrected chi connectivity index (χ2v) is 5.65. The lowest BCUT2D eigenvalue weighted by Gasteiger charge is -2.14. The van der Waals surface area contributed by atoms with Gasteiger partial charge in [-0.25, -0.2) is 4.98 Å². The summed E-state index contributed by atoms with van der Waals surface area (Å²) in [6.45, 7) is 4.74. The van der Waals surface area contributed by atoms with Gasteiger partial charge in [0, 0.05) is 17.8 Å². The maximum Gasteiger partial charge on any atom is 0.224 e. The molecular weight excluding hydrogens is 332 g/mol. The van der Waals surface area contributed by atoms with Crippen LogP contribution in [0, 0.1) is 13.8 Å². The van der Waals surface area contributed by atoms with Crippen molar-refractivity contribution in [2.24, 2.45) is 0 Å². The average molecular weight is 351 g/mol. The van der Waals surface area contributed by atoms with Crippen LogP contribution in [0.15, 0.2) is 28.7 Å². The molecule has 5 heteroatoms. The molecule has 0 aliphatic carbocycles. The van der Waals surface area contributed by atoms with Gasteiger partial charge in [-0.2, -0.15) is 0 Å². The van der Waals surface area contributed by atoms with Crippen molar-refractivity contribution in [3.63, 3.8) is 0 Å². The van der Waals surface area contributed by atoms with E-state index in [0.717, 1.165) is 27.0 Å². The lowest BCUT2D eigenvalue weighted by Crippen LogP contribution is -2.09. The zero-order chi connectivity index (χ0) is 15.4. The molecule has 1 aromatic heterocycles. The van der Waals surface area contributed by atoms with E-state index in [1.165, 1.54) is 0 Å². The van der Waals surface area contributed by atoms with Gasteiger partial charge in [-0.3, -0.25) is 0 Å². The van der Waals surface area contributed by atoms with Crippen LogP contribution in [0.4, 0.5) is 0 Å². The predicted octanol–water partition coefficient (Wildman–Crippen LogP) is 3.98. The topological polar surface area (TPSA) is 43.4 Å². The number of benzene rings is 1. The number of nitrogens with zero attached hydrogens (tertiary/aromatic N) is 1. The zero-order valence-electron chi connectivity index (χ0n) is 12.7. The van der Waals surface area contributed by atoms with Gasteiger partial charge >= 0.3 is 0 Å². The Bertz CT molecular complexity index is 644. The van der Waals surface area contributed by atoms with Crippen LogP contribution in [-0.4, -0.2) is 19.1 Å². The molecule has 0 amide bonds. The molecule has 2 rings (SSSR count). The summed E-state index contributed by atoms with van der Waals surface area (Å²) in [6.07, 6.45) is 0. The van der Waals surface area contributed by atoms with Crippen LogP contribution in [0.2, 0.25) is 0 Å². The number of methoxy groups -OCH3 is 1. The van der Waals surface area contributed by atoms with Crippen LogP contribution >= 0.6 is 15.9 Å². The van der Waals surface area contributed by atoms with E-state index in [2.05, 4.69) is 39.2 Å². The molecule has 1 N–H and O–H groups in total. The fraction of sp³-hybridized carbons (Fsp3) is 0.312. The number of pyridine rings is 1. The minimum absolute atomic E-state index is 0.632. The van der Waals surface area contributed by atoms with Crippen molar-refractivity contribution in [1.82, 2.24) is 10.3 Å². The number of nitrogens with one attached hydrogen (secondary N) is 1. The van der Waals surface area contributed by atoms with Gasteiger partial charge in [-0.15, -0.1) is 0 Å². The standard InChI is InChI=1S/C16H19BrN2O2/c1-10-7-11(2)19-16(13(10)9-18-3)21-15-6-5-12(20-4)8-14(15)17/h5-8,18H,9H2,1-4H3. The highest BCUT2D eigenvalue weighted by Gasteiger charge is 2.12. The average Bonchev–Trinajstić information content (AvgIpc) is 2.44. The molecule has 0 unspecified atom stereocenters. The zero-order valence-corrected chi connectivity index (χ0v) is 14.2. The molecule has 112 valence electrons. The van der Waals surface area contributed by atoms with Gasteiger partial charge in [0.1, 0.15) is 11.5 Å². The Balaban J connectivity index is 2.38. The molecule has 0 atom stereocenters. The van der Waals surface area contributed by atoms with E-state index >= 15 is 0 Å². The molecule has 1 aromatic carbocycles. The first kappa shape index (κ1) is 15.8. The first-order valence-electron chi connectivity index (χ1n) is 6.68. The normalized spacial score (nSPS) is 10.5. The van der Waals surface area contributed by atoms with E-state index in [0.29, 0.717) is 18.2 Å². The third-order valence-electron chi connectivity index (χ3n) is 3.14. The van der Waals surface area contributed by atoms with Gasteiger partial charge in [0.15, 0.2) is 0 Å². The number of ether oxygens (including phenoxy) is 2. The molecule has 0 radical (unpaired) electrons. The number of aryl methyl sites for hydroxylation is 2. The van der Waals surface area contributed by atoms with Gasteiger partial charge in [-0.1, -0.05) is 0 Å². The van der Waals surface area contributed by atoms with E-state index < -0.39 is 0 Å². The highest BCUT2D eigenvalue weighted by atomic mass is 79.9. The third kappa shape index (κ3) is 3.74. The predicted molar refractivity (Wildman–Crippen MR) is 87.2 cm³/mol. The SMILES string of the molecule is CNCc1c(C)cc(C)nc1Oc1ccc(OC)cc1Br. The quantitative estimate of drug-likeness (QED) is 0.885. The fourth-order valence-electron chi connectivity index (χ4n) is 2.10. The monoisotopic (exact) mass is 350 g/mol. The molecule has 2 aromatic rings. The Morgan fingerprint density at radius 2 is 2.00 bits per heavy atom. The van der Waals surface area contributed by atoms with Crippen LogP contribution in [0.5, 0.6) is 17.4 Å². The lowest BCUT2D eigenvalue weighted by molar-refractivity contribution is 0.410. The minimum atomic E-state index is 0.632. The van der Waals surface area contributed by atoms with Gasteiger partial charge < -0.3 is 14.8 Å². The molecule has 0 aliphatic heterocycles. The maximum atomic E-state index is 6.00. The van der Waals surface area contributed by atoms with Crippen LogP contribution in [0.1, 0.15) is 16.8 Å². The largest absolute Gasteiger partial charge is 0.497 e. The van der Waals surface area contributed by atoms with Gasteiger partial charge in [-0.05, 0) is 66.7 Å². The Morgan fingerprint density at radius 1 is 1.24 bits per heavy atom. The van der Waals surface area contributed by atoms with Crippen LogP contribution in [0.25, 0.3) is 0 Å². The first-order valence-corrected chi connectivity index (χ1v) is 7.47. The number of rotatable bonds is 5. The summed E-state index contributed by atoms with van der Waals surface area (Å²) in [7, 11) is 3.55. The molecule has 0 aliphatic rings. The van der Waals surface area contributed by atoms with Crippen molar-refractivity contribution in [3.05, 3.63) is 45.6 Å². The second-order valence-electron chi connectivity index (χ2n) is 4.79. The summed E-state index contributed by atoms with van der Waals surface area (Å²) in [4.78, 5) is 4.52.